The molecule has 2 aromatic heterocycles. The van der Waals surface area contributed by atoms with E-state index < -0.39 is 0 Å². The Kier molecular flexibility index (Phi) is 7.59. The fraction of sp³-hybridized carbons (Fsp3) is 0.381. The Morgan fingerprint density at radius 2 is 1.71 bits per heavy atom. The van der Waals surface area contributed by atoms with Crippen LogP contribution in [0.3, 0.4) is 0 Å². The molecule has 0 fully saturated rings. The van der Waals surface area contributed by atoms with E-state index in [0.29, 0.717) is 44.1 Å². The first-order chi connectivity index (χ1) is 14.8. The van der Waals surface area contributed by atoms with E-state index in [2.05, 4.69) is 34.3 Å². The van der Waals surface area contributed by atoms with Crippen molar-refractivity contribution >= 4 is 45.9 Å². The average molecular weight is 465 g/mol. The lowest BCUT2D eigenvalue weighted by Gasteiger charge is -2.16. The Hall–Kier alpha value is -2.55. The second kappa shape index (κ2) is 10.2. The molecule has 3 aromatic rings. The Morgan fingerprint density at radius 3 is 2.32 bits per heavy atom. The number of hydrogen-bond donors (Lipinski definition) is 2. The van der Waals surface area contributed by atoms with Crippen LogP contribution in [0.2, 0.25) is 10.0 Å². The van der Waals surface area contributed by atoms with Gasteiger partial charge in [-0.15, -0.1) is 0 Å². The van der Waals surface area contributed by atoms with Crippen molar-refractivity contribution in [2.45, 2.75) is 12.8 Å². The molecule has 3 rings (SSSR count). The summed E-state index contributed by atoms with van der Waals surface area (Å²) in [6.45, 7) is 1.74. The van der Waals surface area contributed by atoms with Gasteiger partial charge in [-0.2, -0.15) is 0 Å². The molecule has 0 spiro atoms. The van der Waals surface area contributed by atoms with Crippen LogP contribution in [0.1, 0.15) is 12.8 Å². The fourth-order valence-corrected chi connectivity index (χ4v) is 3.87. The van der Waals surface area contributed by atoms with Crippen molar-refractivity contribution in [3.63, 3.8) is 0 Å². The van der Waals surface area contributed by atoms with E-state index in [1.807, 2.05) is 6.07 Å². The normalized spacial score (nSPS) is 11.2. The standard InChI is InChI=1S/C21H26Cl2N6O2/c1-29(2)8-6-5-7-25-20-19-12(11-26-21(24)28-19)9-13(27-20)16-17(22)14(30-3)10-15(31-4)18(16)23/h9-11H,5-8H2,1-4H3,(H,25,27)(H2,24,26,28). The summed E-state index contributed by atoms with van der Waals surface area (Å²) in [6.07, 6.45) is 3.68. The molecule has 0 aliphatic carbocycles. The van der Waals surface area contributed by atoms with Gasteiger partial charge in [0.25, 0.3) is 0 Å². The predicted octanol–water partition coefficient (Wildman–Crippen LogP) is 4.35. The van der Waals surface area contributed by atoms with Crippen LogP contribution in [-0.4, -0.2) is 61.3 Å². The number of ether oxygens (including phenoxy) is 2. The van der Waals surface area contributed by atoms with Gasteiger partial charge < -0.3 is 25.4 Å². The van der Waals surface area contributed by atoms with Crippen LogP contribution >= 0.6 is 23.2 Å². The van der Waals surface area contributed by atoms with Gasteiger partial charge in [-0.25, -0.2) is 15.0 Å². The second-order valence-electron chi connectivity index (χ2n) is 7.24. The molecule has 10 heteroatoms. The number of nitrogens with one attached hydrogen (secondary N) is 1. The molecular formula is C21H26Cl2N6O2. The lowest BCUT2D eigenvalue weighted by Crippen LogP contribution is -2.14. The summed E-state index contributed by atoms with van der Waals surface area (Å²) in [5.41, 5.74) is 7.50. The van der Waals surface area contributed by atoms with Crippen LogP contribution in [0.5, 0.6) is 11.5 Å². The molecule has 1 aromatic carbocycles. The summed E-state index contributed by atoms with van der Waals surface area (Å²) in [5.74, 6) is 1.63. The minimum absolute atomic E-state index is 0.178. The lowest BCUT2D eigenvalue weighted by molar-refractivity contribution is 0.395. The summed E-state index contributed by atoms with van der Waals surface area (Å²) in [6, 6.07) is 3.46. The van der Waals surface area contributed by atoms with Crippen molar-refractivity contribution in [1.82, 2.24) is 19.9 Å². The lowest BCUT2D eigenvalue weighted by atomic mass is 10.1. The molecule has 31 heavy (non-hydrogen) atoms. The number of unbranched alkanes of at least 4 members (excludes halogenated alkanes) is 1. The first-order valence-electron chi connectivity index (χ1n) is 9.78. The van der Waals surface area contributed by atoms with Crippen LogP contribution in [0.4, 0.5) is 11.8 Å². The summed E-state index contributed by atoms with van der Waals surface area (Å²) >= 11 is 13.2. The van der Waals surface area contributed by atoms with Crippen LogP contribution < -0.4 is 20.5 Å². The van der Waals surface area contributed by atoms with Crippen molar-refractivity contribution in [2.75, 3.05) is 52.5 Å². The smallest absolute Gasteiger partial charge is 0.220 e. The van der Waals surface area contributed by atoms with Gasteiger partial charge >= 0.3 is 0 Å². The number of nitrogens with zero attached hydrogens (tertiary/aromatic N) is 4. The minimum Gasteiger partial charge on any atom is -0.495 e. The van der Waals surface area contributed by atoms with Gasteiger partial charge in [0.2, 0.25) is 5.95 Å². The van der Waals surface area contributed by atoms with Gasteiger partial charge in [0.1, 0.15) is 17.0 Å². The van der Waals surface area contributed by atoms with Crippen LogP contribution in [0, 0.1) is 0 Å². The molecule has 3 N–H and O–H groups in total. The molecule has 2 heterocycles. The number of nitrogen functional groups attached to an aromatic ring is 1. The Balaban J connectivity index is 2.07. The number of anilines is 2. The number of pyridine rings is 1. The molecule has 0 amide bonds. The van der Waals surface area contributed by atoms with E-state index in [9.17, 15) is 0 Å². The number of methoxy groups -OCH3 is 2. The zero-order valence-electron chi connectivity index (χ0n) is 18.0. The Bertz CT molecular complexity index is 1050. The zero-order chi connectivity index (χ0) is 22.5. The highest BCUT2D eigenvalue weighted by molar-refractivity contribution is 6.41. The number of fused-ring (bicyclic) bond motifs is 1. The third-order valence-corrected chi connectivity index (χ3v) is 5.49. The molecular weight excluding hydrogens is 439 g/mol. The van der Waals surface area contributed by atoms with E-state index in [4.69, 9.17) is 43.4 Å². The van der Waals surface area contributed by atoms with Gasteiger partial charge in [-0.1, -0.05) is 23.2 Å². The maximum atomic E-state index is 6.60. The molecule has 0 unspecified atom stereocenters. The minimum atomic E-state index is 0.178. The van der Waals surface area contributed by atoms with Crippen LogP contribution in [0.15, 0.2) is 18.3 Å². The van der Waals surface area contributed by atoms with E-state index in [0.717, 1.165) is 31.3 Å². The highest BCUT2D eigenvalue weighted by Crippen LogP contribution is 2.46. The van der Waals surface area contributed by atoms with Crippen molar-refractivity contribution in [1.29, 1.82) is 0 Å². The Labute approximate surface area is 191 Å². The third-order valence-electron chi connectivity index (χ3n) is 4.74. The summed E-state index contributed by atoms with van der Waals surface area (Å²) in [7, 11) is 7.18. The Morgan fingerprint density at radius 1 is 1.03 bits per heavy atom. The summed E-state index contributed by atoms with van der Waals surface area (Å²) in [5, 5.41) is 4.81. The maximum Gasteiger partial charge on any atom is 0.220 e. The van der Waals surface area contributed by atoms with Gasteiger partial charge in [0.05, 0.1) is 30.0 Å². The average Bonchev–Trinajstić information content (AvgIpc) is 2.74. The second-order valence-corrected chi connectivity index (χ2v) is 8.00. The molecule has 0 atom stereocenters. The molecule has 0 saturated heterocycles. The van der Waals surface area contributed by atoms with Crippen molar-refractivity contribution < 1.29 is 9.47 Å². The number of hydrogen-bond acceptors (Lipinski definition) is 8. The first kappa shape index (κ1) is 23.1. The number of nitrogens with two attached hydrogens (primary N) is 1. The molecule has 0 aliphatic heterocycles. The summed E-state index contributed by atoms with van der Waals surface area (Å²) in [4.78, 5) is 15.4. The van der Waals surface area contributed by atoms with E-state index in [1.54, 1.807) is 12.3 Å². The largest absolute Gasteiger partial charge is 0.495 e. The van der Waals surface area contributed by atoms with Gasteiger partial charge in [0, 0.05) is 29.8 Å². The predicted molar refractivity (Wildman–Crippen MR) is 127 cm³/mol. The number of rotatable bonds is 9. The number of aromatic nitrogens is 3. The molecule has 0 aliphatic rings. The quantitative estimate of drug-likeness (QED) is 0.450. The van der Waals surface area contributed by atoms with E-state index in [-0.39, 0.29) is 5.95 Å². The fourth-order valence-electron chi connectivity index (χ4n) is 3.17. The number of benzene rings is 1. The molecule has 166 valence electrons. The highest BCUT2D eigenvalue weighted by Gasteiger charge is 2.21. The van der Waals surface area contributed by atoms with Crippen molar-refractivity contribution in [2.24, 2.45) is 0 Å². The monoisotopic (exact) mass is 464 g/mol. The number of halogens is 2. The van der Waals surface area contributed by atoms with Crippen molar-refractivity contribution in [3.05, 3.63) is 28.4 Å². The molecule has 0 radical (unpaired) electrons. The topological polar surface area (TPSA) is 98.4 Å². The maximum absolute atomic E-state index is 6.60. The molecule has 0 bridgehead atoms. The van der Waals surface area contributed by atoms with Gasteiger partial charge in [0.15, 0.2) is 5.82 Å². The highest BCUT2D eigenvalue weighted by atomic mass is 35.5. The first-order valence-corrected chi connectivity index (χ1v) is 10.5. The van der Waals surface area contributed by atoms with Crippen LogP contribution in [-0.2, 0) is 0 Å². The molecule has 8 nitrogen and oxygen atoms in total. The van der Waals surface area contributed by atoms with Gasteiger partial charge in [-0.3, -0.25) is 0 Å². The summed E-state index contributed by atoms with van der Waals surface area (Å²) < 4.78 is 10.8. The van der Waals surface area contributed by atoms with E-state index >= 15 is 0 Å². The third kappa shape index (κ3) is 5.20. The van der Waals surface area contributed by atoms with Crippen molar-refractivity contribution in [3.8, 4) is 22.8 Å². The zero-order valence-corrected chi connectivity index (χ0v) is 19.5. The van der Waals surface area contributed by atoms with Crippen LogP contribution in [0.25, 0.3) is 22.2 Å². The van der Waals surface area contributed by atoms with E-state index in [1.165, 1.54) is 14.2 Å². The SMILES string of the molecule is COc1cc(OC)c(Cl)c(-c2cc3cnc(N)nc3c(NCCCCN(C)C)n2)c1Cl. The van der Waals surface area contributed by atoms with Gasteiger partial charge in [-0.05, 0) is 39.5 Å². The molecule has 0 saturated carbocycles.